The van der Waals surface area contributed by atoms with Crippen molar-refractivity contribution >= 4 is 21.6 Å². The lowest BCUT2D eigenvalue weighted by atomic mass is 10.2. The second-order valence-corrected chi connectivity index (χ2v) is 4.57. The molecule has 0 spiro atoms. The van der Waals surface area contributed by atoms with E-state index in [1.807, 2.05) is 18.2 Å². The third kappa shape index (κ3) is 2.51. The van der Waals surface area contributed by atoms with Gasteiger partial charge in [-0.25, -0.2) is 0 Å². The third-order valence-electron chi connectivity index (χ3n) is 2.44. The first kappa shape index (κ1) is 12.6. The monoisotopic (exact) mass is 307 g/mol. The number of aryl methyl sites for hydroxylation is 1. The van der Waals surface area contributed by atoms with Crippen LogP contribution >= 0.6 is 15.9 Å². The fourth-order valence-electron chi connectivity index (χ4n) is 1.59. The summed E-state index contributed by atoms with van der Waals surface area (Å²) in [7, 11) is 0. The Labute approximate surface area is 112 Å². The molecule has 0 saturated heterocycles. The summed E-state index contributed by atoms with van der Waals surface area (Å²) in [5.41, 5.74) is 0.567. The molecule has 0 aliphatic rings. The number of nitrogens with zero attached hydrogens (tertiary/aromatic N) is 1. The second kappa shape index (κ2) is 5.18. The van der Waals surface area contributed by atoms with Gasteiger partial charge >= 0.3 is 5.69 Å². The zero-order valence-electron chi connectivity index (χ0n) is 9.59. The lowest BCUT2D eigenvalue weighted by Crippen LogP contribution is -1.96. The summed E-state index contributed by atoms with van der Waals surface area (Å²) < 4.78 is 6.34. The summed E-state index contributed by atoms with van der Waals surface area (Å²) in [6.45, 7) is 1.69. The van der Waals surface area contributed by atoms with E-state index in [4.69, 9.17) is 4.74 Å². The normalized spacial score (nSPS) is 10.1. The lowest BCUT2D eigenvalue weighted by Gasteiger charge is -2.08. The summed E-state index contributed by atoms with van der Waals surface area (Å²) in [4.78, 5) is 10.6. The number of benzene rings is 2. The second-order valence-electron chi connectivity index (χ2n) is 3.71. The van der Waals surface area contributed by atoms with Crippen molar-refractivity contribution in [3.8, 4) is 11.5 Å². The Morgan fingerprint density at radius 2 is 1.78 bits per heavy atom. The number of nitro benzene ring substituents is 1. The van der Waals surface area contributed by atoms with Crippen molar-refractivity contribution in [3.63, 3.8) is 0 Å². The van der Waals surface area contributed by atoms with Crippen LogP contribution in [0.3, 0.4) is 0 Å². The van der Waals surface area contributed by atoms with Crippen molar-refractivity contribution in [1.82, 2.24) is 0 Å². The highest BCUT2D eigenvalue weighted by atomic mass is 79.9. The van der Waals surface area contributed by atoms with Gasteiger partial charge in [0.25, 0.3) is 0 Å². The lowest BCUT2D eigenvalue weighted by molar-refractivity contribution is -0.386. The van der Waals surface area contributed by atoms with Crippen LogP contribution in [0.1, 0.15) is 5.56 Å². The molecule has 0 amide bonds. The number of ether oxygens (including phenoxy) is 1. The first-order valence-corrected chi connectivity index (χ1v) is 6.05. The molecule has 0 aliphatic heterocycles. The van der Waals surface area contributed by atoms with Gasteiger partial charge in [-0.1, -0.05) is 24.3 Å². The Morgan fingerprint density at radius 3 is 2.44 bits per heavy atom. The maximum atomic E-state index is 11.0. The molecule has 5 heteroatoms. The molecule has 18 heavy (non-hydrogen) atoms. The molecule has 92 valence electrons. The highest BCUT2D eigenvalue weighted by molar-refractivity contribution is 9.10. The van der Waals surface area contributed by atoms with Gasteiger partial charge in [-0.05, 0) is 41.1 Å². The molecule has 2 aromatic carbocycles. The van der Waals surface area contributed by atoms with Crippen LogP contribution in [0.4, 0.5) is 5.69 Å². The fourth-order valence-corrected chi connectivity index (χ4v) is 1.96. The molecule has 0 bridgehead atoms. The minimum absolute atomic E-state index is 0.00625. The van der Waals surface area contributed by atoms with Crippen LogP contribution in [0.2, 0.25) is 0 Å². The molecule has 0 heterocycles. The molecule has 0 saturated carbocycles. The van der Waals surface area contributed by atoms with Crippen LogP contribution in [0.15, 0.2) is 46.9 Å². The van der Waals surface area contributed by atoms with E-state index in [1.54, 1.807) is 31.2 Å². The van der Waals surface area contributed by atoms with Gasteiger partial charge in [-0.3, -0.25) is 10.1 Å². The van der Waals surface area contributed by atoms with E-state index >= 15 is 0 Å². The molecule has 4 nitrogen and oxygen atoms in total. The van der Waals surface area contributed by atoms with Crippen molar-refractivity contribution in [1.29, 1.82) is 0 Å². The van der Waals surface area contributed by atoms with E-state index in [-0.39, 0.29) is 11.4 Å². The average Bonchev–Trinajstić information content (AvgIpc) is 2.31. The molecule has 2 aromatic rings. The van der Waals surface area contributed by atoms with Crippen molar-refractivity contribution in [2.24, 2.45) is 0 Å². The van der Waals surface area contributed by atoms with Crippen LogP contribution in [-0.2, 0) is 0 Å². The topological polar surface area (TPSA) is 52.4 Å². The van der Waals surface area contributed by atoms with Crippen molar-refractivity contribution in [2.45, 2.75) is 6.92 Å². The van der Waals surface area contributed by atoms with Gasteiger partial charge in [-0.15, -0.1) is 0 Å². The largest absolute Gasteiger partial charge is 0.449 e. The molecule has 0 atom stereocenters. The van der Waals surface area contributed by atoms with Gasteiger partial charge in [-0.2, -0.15) is 0 Å². The van der Waals surface area contributed by atoms with Crippen LogP contribution in [-0.4, -0.2) is 4.92 Å². The minimum atomic E-state index is -0.429. The molecule has 0 aromatic heterocycles. The smallest absolute Gasteiger partial charge is 0.314 e. The summed E-state index contributed by atoms with van der Waals surface area (Å²) in [5, 5.41) is 11.0. The molecule has 0 aliphatic carbocycles. The number of hydrogen-bond donors (Lipinski definition) is 0. The number of para-hydroxylation sites is 2. The first-order valence-electron chi connectivity index (χ1n) is 5.26. The maximum Gasteiger partial charge on any atom is 0.314 e. The molecular weight excluding hydrogens is 298 g/mol. The predicted molar refractivity (Wildman–Crippen MR) is 72.0 cm³/mol. The fraction of sp³-hybridized carbons (Fsp3) is 0.0769. The first-order chi connectivity index (χ1) is 8.59. The Hall–Kier alpha value is -1.88. The van der Waals surface area contributed by atoms with E-state index in [2.05, 4.69) is 15.9 Å². The number of nitro groups is 1. The standard InChI is InChI=1S/C13H10BrNO3/c1-9-5-4-8-12(13(9)15(16)17)18-11-7-3-2-6-10(11)14/h2-8H,1H3. The van der Waals surface area contributed by atoms with Gasteiger partial charge in [0.2, 0.25) is 5.75 Å². The molecule has 0 N–H and O–H groups in total. The Bertz CT molecular complexity index is 599. The van der Waals surface area contributed by atoms with Gasteiger partial charge in [0, 0.05) is 5.56 Å². The third-order valence-corrected chi connectivity index (χ3v) is 3.10. The highest BCUT2D eigenvalue weighted by Crippen LogP contribution is 2.36. The van der Waals surface area contributed by atoms with Crippen molar-refractivity contribution < 1.29 is 9.66 Å². The zero-order valence-corrected chi connectivity index (χ0v) is 11.2. The SMILES string of the molecule is Cc1cccc(Oc2ccccc2Br)c1[N+](=O)[O-]. The molecule has 0 fully saturated rings. The van der Waals surface area contributed by atoms with E-state index in [1.165, 1.54) is 0 Å². The van der Waals surface area contributed by atoms with Crippen LogP contribution < -0.4 is 4.74 Å². The van der Waals surface area contributed by atoms with Gasteiger partial charge < -0.3 is 4.74 Å². The summed E-state index contributed by atoms with van der Waals surface area (Å²) in [5.74, 6) is 0.790. The molecule has 0 unspecified atom stereocenters. The van der Waals surface area contributed by atoms with Crippen LogP contribution in [0, 0.1) is 17.0 Å². The quantitative estimate of drug-likeness (QED) is 0.621. The average molecular weight is 308 g/mol. The highest BCUT2D eigenvalue weighted by Gasteiger charge is 2.19. The van der Waals surface area contributed by atoms with E-state index in [0.717, 1.165) is 4.47 Å². The number of halogens is 1. The Kier molecular flexibility index (Phi) is 3.62. The molecule has 2 rings (SSSR count). The maximum absolute atomic E-state index is 11.0. The van der Waals surface area contributed by atoms with Gasteiger partial charge in [0.05, 0.1) is 9.40 Å². The molecule has 0 radical (unpaired) electrons. The van der Waals surface area contributed by atoms with Crippen molar-refractivity contribution in [2.75, 3.05) is 0 Å². The van der Waals surface area contributed by atoms with E-state index in [9.17, 15) is 10.1 Å². The summed E-state index contributed by atoms with van der Waals surface area (Å²) >= 11 is 3.34. The summed E-state index contributed by atoms with van der Waals surface area (Å²) in [6, 6.07) is 12.2. The Morgan fingerprint density at radius 1 is 1.11 bits per heavy atom. The van der Waals surface area contributed by atoms with E-state index in [0.29, 0.717) is 11.3 Å². The summed E-state index contributed by atoms with van der Waals surface area (Å²) in [6.07, 6.45) is 0. The van der Waals surface area contributed by atoms with Gasteiger partial charge in [0.15, 0.2) is 0 Å². The number of rotatable bonds is 3. The van der Waals surface area contributed by atoms with Crippen LogP contribution in [0.5, 0.6) is 11.5 Å². The minimum Gasteiger partial charge on any atom is -0.449 e. The van der Waals surface area contributed by atoms with Crippen molar-refractivity contribution in [3.05, 3.63) is 62.6 Å². The zero-order chi connectivity index (χ0) is 13.1. The predicted octanol–water partition coefficient (Wildman–Crippen LogP) is 4.46. The van der Waals surface area contributed by atoms with Crippen LogP contribution in [0.25, 0.3) is 0 Å². The molecular formula is C13H10BrNO3. The van der Waals surface area contributed by atoms with E-state index < -0.39 is 4.92 Å². The Balaban J connectivity index is 2.44. The number of hydrogen-bond acceptors (Lipinski definition) is 3. The van der Waals surface area contributed by atoms with Gasteiger partial charge in [0.1, 0.15) is 5.75 Å².